The summed E-state index contributed by atoms with van der Waals surface area (Å²) >= 11 is 6.03. The van der Waals surface area contributed by atoms with Gasteiger partial charge in [0.05, 0.1) is 17.3 Å². The van der Waals surface area contributed by atoms with Gasteiger partial charge in [-0.15, -0.1) is 0 Å². The van der Waals surface area contributed by atoms with Gasteiger partial charge in [0.1, 0.15) is 6.54 Å². The van der Waals surface area contributed by atoms with Crippen LogP contribution >= 0.6 is 11.6 Å². The smallest absolute Gasteiger partial charge is 0.325 e. The molecule has 0 spiro atoms. The first-order valence-corrected chi connectivity index (χ1v) is 5.84. The predicted octanol–water partition coefficient (Wildman–Crippen LogP) is 1.85. The zero-order valence-electron chi connectivity index (χ0n) is 9.70. The molecular weight excluding hydrogens is 242 g/mol. The minimum Gasteiger partial charge on any atom is -0.465 e. The number of hydrogen-bond donors (Lipinski definition) is 2. The molecule has 0 bridgehead atoms. The fraction of sp³-hybridized carbons (Fsp3) is 0.417. The minimum absolute atomic E-state index is 0.0892. The lowest BCUT2D eigenvalue weighted by molar-refractivity contribution is -0.140. The van der Waals surface area contributed by atoms with E-state index in [0.717, 1.165) is 5.56 Å². The van der Waals surface area contributed by atoms with Crippen LogP contribution in [0.3, 0.4) is 0 Å². The highest BCUT2D eigenvalue weighted by molar-refractivity contribution is 6.33. The Labute approximate surface area is 106 Å². The van der Waals surface area contributed by atoms with Crippen LogP contribution in [0.4, 0.5) is 5.69 Å². The molecule has 1 rings (SSSR count). The van der Waals surface area contributed by atoms with Crippen LogP contribution in [-0.2, 0) is 16.0 Å². The quantitative estimate of drug-likeness (QED) is 0.764. The number of aliphatic hydroxyl groups excluding tert-OH is 1. The van der Waals surface area contributed by atoms with Crippen LogP contribution in [0.15, 0.2) is 18.2 Å². The Morgan fingerprint density at radius 2 is 2.29 bits per heavy atom. The standard InChI is InChI=1S/C12H16ClNO3/c1-2-17-12(16)8-14-11-4-3-9(5-6-15)7-10(11)13/h3-4,7,14-15H,2,5-6,8H2,1H3. The molecule has 0 amide bonds. The molecule has 0 fully saturated rings. The highest BCUT2D eigenvalue weighted by atomic mass is 35.5. The van der Waals surface area contributed by atoms with E-state index in [1.165, 1.54) is 0 Å². The van der Waals surface area contributed by atoms with Gasteiger partial charge < -0.3 is 15.2 Å². The molecule has 94 valence electrons. The lowest BCUT2D eigenvalue weighted by atomic mass is 10.1. The number of ether oxygens (including phenoxy) is 1. The van der Waals surface area contributed by atoms with E-state index in [4.69, 9.17) is 21.4 Å². The minimum atomic E-state index is -0.317. The molecule has 0 aromatic heterocycles. The van der Waals surface area contributed by atoms with Crippen LogP contribution in [0, 0.1) is 0 Å². The van der Waals surface area contributed by atoms with Gasteiger partial charge in [0.2, 0.25) is 0 Å². The van der Waals surface area contributed by atoms with Crippen LogP contribution in [0.5, 0.6) is 0 Å². The Balaban J connectivity index is 2.57. The lowest BCUT2D eigenvalue weighted by Crippen LogP contribution is -2.16. The number of anilines is 1. The number of benzene rings is 1. The van der Waals surface area contributed by atoms with Gasteiger partial charge in [0.25, 0.3) is 0 Å². The largest absolute Gasteiger partial charge is 0.465 e. The number of carbonyl (C=O) groups is 1. The lowest BCUT2D eigenvalue weighted by Gasteiger charge is -2.09. The second-order valence-corrected chi connectivity index (χ2v) is 3.85. The number of nitrogens with one attached hydrogen (secondary N) is 1. The number of aliphatic hydroxyl groups is 1. The second kappa shape index (κ2) is 7.14. The summed E-state index contributed by atoms with van der Waals surface area (Å²) in [6.45, 7) is 2.30. The summed E-state index contributed by atoms with van der Waals surface area (Å²) in [4.78, 5) is 11.1. The number of esters is 1. The Bertz CT molecular complexity index is 382. The van der Waals surface area contributed by atoms with Gasteiger partial charge in [-0.05, 0) is 31.0 Å². The summed E-state index contributed by atoms with van der Waals surface area (Å²) in [5, 5.41) is 12.2. The third-order valence-electron chi connectivity index (χ3n) is 2.16. The molecule has 4 nitrogen and oxygen atoms in total. The topological polar surface area (TPSA) is 58.6 Å². The Morgan fingerprint density at radius 3 is 2.88 bits per heavy atom. The van der Waals surface area contributed by atoms with Gasteiger partial charge >= 0.3 is 5.97 Å². The van der Waals surface area contributed by atoms with Gasteiger partial charge in [-0.2, -0.15) is 0 Å². The van der Waals surface area contributed by atoms with Crippen molar-refractivity contribution < 1.29 is 14.6 Å². The average Bonchev–Trinajstić information content (AvgIpc) is 2.29. The molecule has 0 saturated heterocycles. The molecule has 2 N–H and O–H groups in total. The van der Waals surface area contributed by atoms with Crippen LogP contribution < -0.4 is 5.32 Å². The summed E-state index contributed by atoms with van der Waals surface area (Å²) in [6, 6.07) is 5.41. The SMILES string of the molecule is CCOC(=O)CNc1ccc(CCO)cc1Cl. The zero-order valence-corrected chi connectivity index (χ0v) is 10.5. The normalized spacial score (nSPS) is 10.1. The van der Waals surface area contributed by atoms with Crippen molar-refractivity contribution in [3.63, 3.8) is 0 Å². The van der Waals surface area contributed by atoms with Crippen LogP contribution in [0.1, 0.15) is 12.5 Å². The van der Waals surface area contributed by atoms with E-state index in [2.05, 4.69) is 5.32 Å². The Hall–Kier alpha value is -1.26. The highest BCUT2D eigenvalue weighted by Gasteiger charge is 2.05. The van der Waals surface area contributed by atoms with Crippen LogP contribution in [0.2, 0.25) is 5.02 Å². The van der Waals surface area contributed by atoms with Crippen molar-refractivity contribution in [2.24, 2.45) is 0 Å². The monoisotopic (exact) mass is 257 g/mol. The molecule has 17 heavy (non-hydrogen) atoms. The summed E-state index contributed by atoms with van der Waals surface area (Å²) in [6.07, 6.45) is 0.567. The number of carbonyl (C=O) groups excluding carboxylic acids is 1. The summed E-state index contributed by atoms with van der Waals surface area (Å²) in [7, 11) is 0. The van der Waals surface area contributed by atoms with Crippen molar-refractivity contribution in [1.29, 1.82) is 0 Å². The zero-order chi connectivity index (χ0) is 12.7. The molecule has 0 aliphatic rings. The van der Waals surface area contributed by atoms with E-state index < -0.39 is 0 Å². The van der Waals surface area contributed by atoms with Crippen molar-refractivity contribution in [3.05, 3.63) is 28.8 Å². The molecule has 0 atom stereocenters. The second-order valence-electron chi connectivity index (χ2n) is 3.45. The maximum atomic E-state index is 11.1. The third-order valence-corrected chi connectivity index (χ3v) is 2.48. The van der Waals surface area contributed by atoms with E-state index >= 15 is 0 Å². The van der Waals surface area contributed by atoms with E-state index in [-0.39, 0.29) is 19.1 Å². The molecule has 0 heterocycles. The summed E-state index contributed by atoms with van der Waals surface area (Å²) in [5.74, 6) is -0.317. The molecule has 0 aliphatic carbocycles. The van der Waals surface area contributed by atoms with Gasteiger partial charge in [0.15, 0.2) is 0 Å². The fourth-order valence-electron chi connectivity index (χ4n) is 1.37. The third kappa shape index (κ3) is 4.63. The Kier molecular flexibility index (Phi) is 5.80. The molecule has 1 aromatic rings. The fourth-order valence-corrected chi connectivity index (χ4v) is 1.64. The molecule has 0 radical (unpaired) electrons. The first-order valence-electron chi connectivity index (χ1n) is 5.46. The number of halogens is 1. The predicted molar refractivity (Wildman–Crippen MR) is 67.4 cm³/mol. The van der Waals surface area contributed by atoms with Crippen molar-refractivity contribution >= 4 is 23.3 Å². The van der Waals surface area contributed by atoms with E-state index in [1.54, 1.807) is 19.1 Å². The first-order chi connectivity index (χ1) is 8.17. The number of rotatable bonds is 6. The van der Waals surface area contributed by atoms with Gasteiger partial charge in [-0.3, -0.25) is 4.79 Å². The molecule has 1 aromatic carbocycles. The maximum Gasteiger partial charge on any atom is 0.325 e. The van der Waals surface area contributed by atoms with Gasteiger partial charge in [-0.1, -0.05) is 17.7 Å². The van der Waals surface area contributed by atoms with Crippen LogP contribution in [-0.4, -0.2) is 30.8 Å². The molecule has 0 aliphatic heterocycles. The average molecular weight is 258 g/mol. The van der Waals surface area contributed by atoms with Gasteiger partial charge in [0, 0.05) is 6.61 Å². The summed E-state index contributed by atoms with van der Waals surface area (Å²) in [5.41, 5.74) is 1.64. The van der Waals surface area contributed by atoms with Gasteiger partial charge in [-0.25, -0.2) is 0 Å². The first kappa shape index (κ1) is 13.8. The Morgan fingerprint density at radius 1 is 1.53 bits per heavy atom. The molecular formula is C12H16ClNO3. The highest BCUT2D eigenvalue weighted by Crippen LogP contribution is 2.23. The van der Waals surface area contributed by atoms with E-state index in [9.17, 15) is 4.79 Å². The van der Waals surface area contributed by atoms with E-state index in [0.29, 0.717) is 23.7 Å². The summed E-state index contributed by atoms with van der Waals surface area (Å²) < 4.78 is 4.79. The van der Waals surface area contributed by atoms with Crippen molar-refractivity contribution in [3.8, 4) is 0 Å². The molecule has 5 heteroatoms. The molecule has 0 saturated carbocycles. The number of hydrogen-bond acceptors (Lipinski definition) is 4. The van der Waals surface area contributed by atoms with Crippen LogP contribution in [0.25, 0.3) is 0 Å². The van der Waals surface area contributed by atoms with Crippen molar-refractivity contribution in [1.82, 2.24) is 0 Å². The van der Waals surface area contributed by atoms with E-state index in [1.807, 2.05) is 6.07 Å². The maximum absolute atomic E-state index is 11.1. The van der Waals surface area contributed by atoms with Crippen molar-refractivity contribution in [2.45, 2.75) is 13.3 Å². The molecule has 0 unspecified atom stereocenters. The van der Waals surface area contributed by atoms with Crippen molar-refractivity contribution in [2.75, 3.05) is 25.1 Å².